The average Bonchev–Trinajstić information content (AvgIpc) is 2.84. The molecular weight excluding hydrogens is 256 g/mol. The van der Waals surface area contributed by atoms with Crippen molar-refractivity contribution in [1.82, 2.24) is 4.90 Å². The zero-order valence-electron chi connectivity index (χ0n) is 12.3. The molecular formula is C15H22N2O3. The van der Waals surface area contributed by atoms with Crippen LogP contribution in [0.1, 0.15) is 30.6 Å². The Balaban J connectivity index is 2.18. The molecule has 0 bridgehead atoms. The Morgan fingerprint density at radius 1 is 1.40 bits per heavy atom. The van der Waals surface area contributed by atoms with E-state index in [2.05, 4.69) is 0 Å². The van der Waals surface area contributed by atoms with Gasteiger partial charge in [0.25, 0.3) is 5.91 Å². The highest BCUT2D eigenvalue weighted by atomic mass is 16.5. The number of likely N-dealkylation sites (tertiary alicyclic amines) is 1. The number of hydrogen-bond donors (Lipinski definition) is 1. The Morgan fingerprint density at radius 2 is 2.15 bits per heavy atom. The van der Waals surface area contributed by atoms with Gasteiger partial charge in [0.1, 0.15) is 0 Å². The summed E-state index contributed by atoms with van der Waals surface area (Å²) in [6.45, 7) is 5.23. The molecule has 110 valence electrons. The second-order valence-corrected chi connectivity index (χ2v) is 5.33. The van der Waals surface area contributed by atoms with Gasteiger partial charge in [-0.1, -0.05) is 0 Å². The quantitative estimate of drug-likeness (QED) is 0.909. The molecule has 0 radical (unpaired) electrons. The topological polar surface area (TPSA) is 64.8 Å². The minimum absolute atomic E-state index is 0.00709. The zero-order valence-corrected chi connectivity index (χ0v) is 12.3. The molecule has 0 aliphatic carbocycles. The highest BCUT2D eigenvalue weighted by molar-refractivity contribution is 5.95. The first-order valence-electron chi connectivity index (χ1n) is 6.90. The Hall–Kier alpha value is -1.75. The number of ether oxygens (including phenoxy) is 2. The van der Waals surface area contributed by atoms with E-state index in [-0.39, 0.29) is 18.1 Å². The number of hydrogen-bond acceptors (Lipinski definition) is 4. The Kier molecular flexibility index (Phi) is 4.49. The van der Waals surface area contributed by atoms with E-state index >= 15 is 0 Å². The fourth-order valence-electron chi connectivity index (χ4n) is 2.31. The van der Waals surface area contributed by atoms with Crippen molar-refractivity contribution in [3.05, 3.63) is 23.8 Å². The van der Waals surface area contributed by atoms with Crippen molar-refractivity contribution in [1.29, 1.82) is 0 Å². The van der Waals surface area contributed by atoms with Crippen LogP contribution in [0.2, 0.25) is 0 Å². The summed E-state index contributed by atoms with van der Waals surface area (Å²) in [7, 11) is 1.57. The van der Waals surface area contributed by atoms with E-state index in [0.717, 1.165) is 6.42 Å². The molecule has 1 atom stereocenters. The monoisotopic (exact) mass is 278 g/mol. The number of rotatable bonds is 4. The minimum atomic E-state index is -0.00709. The van der Waals surface area contributed by atoms with Gasteiger partial charge in [-0.2, -0.15) is 0 Å². The summed E-state index contributed by atoms with van der Waals surface area (Å²) >= 11 is 0. The molecule has 0 aromatic heterocycles. The van der Waals surface area contributed by atoms with Crippen LogP contribution in [-0.2, 0) is 0 Å². The maximum atomic E-state index is 12.4. The molecule has 1 aromatic carbocycles. The van der Waals surface area contributed by atoms with Crippen LogP contribution < -0.4 is 15.2 Å². The molecule has 0 saturated carbocycles. The van der Waals surface area contributed by atoms with Crippen LogP contribution in [0.5, 0.6) is 11.5 Å². The first-order valence-corrected chi connectivity index (χ1v) is 6.90. The smallest absolute Gasteiger partial charge is 0.254 e. The van der Waals surface area contributed by atoms with Crippen LogP contribution in [-0.4, -0.2) is 43.2 Å². The first kappa shape index (κ1) is 14.7. The lowest BCUT2D eigenvalue weighted by molar-refractivity contribution is 0.0790. The van der Waals surface area contributed by atoms with E-state index in [1.807, 2.05) is 13.8 Å². The first-order chi connectivity index (χ1) is 9.51. The molecule has 1 aromatic rings. The fraction of sp³-hybridized carbons (Fsp3) is 0.533. The van der Waals surface area contributed by atoms with E-state index < -0.39 is 0 Å². The number of nitrogens with zero attached hydrogens (tertiary/aromatic N) is 1. The zero-order chi connectivity index (χ0) is 14.7. The van der Waals surface area contributed by atoms with Crippen LogP contribution in [0.4, 0.5) is 0 Å². The lowest BCUT2D eigenvalue weighted by Crippen LogP contribution is -2.31. The molecule has 1 fully saturated rings. The summed E-state index contributed by atoms with van der Waals surface area (Å²) in [4.78, 5) is 14.1. The maximum Gasteiger partial charge on any atom is 0.254 e. The van der Waals surface area contributed by atoms with Gasteiger partial charge in [-0.15, -0.1) is 0 Å². The number of amides is 1. The van der Waals surface area contributed by atoms with Crippen molar-refractivity contribution in [2.45, 2.75) is 32.4 Å². The highest BCUT2D eigenvalue weighted by Gasteiger charge is 2.25. The molecule has 1 heterocycles. The van der Waals surface area contributed by atoms with E-state index in [4.69, 9.17) is 15.2 Å². The molecule has 1 saturated heterocycles. The Morgan fingerprint density at radius 3 is 2.70 bits per heavy atom. The molecule has 1 aliphatic heterocycles. The second kappa shape index (κ2) is 6.13. The van der Waals surface area contributed by atoms with Crippen molar-refractivity contribution >= 4 is 5.91 Å². The van der Waals surface area contributed by atoms with Gasteiger partial charge in [-0.3, -0.25) is 4.79 Å². The van der Waals surface area contributed by atoms with Crippen molar-refractivity contribution in [2.24, 2.45) is 5.73 Å². The maximum absolute atomic E-state index is 12.4. The van der Waals surface area contributed by atoms with Gasteiger partial charge >= 0.3 is 0 Å². The van der Waals surface area contributed by atoms with Gasteiger partial charge in [0, 0.05) is 24.7 Å². The molecule has 0 spiro atoms. The normalized spacial score (nSPS) is 18.4. The summed E-state index contributed by atoms with van der Waals surface area (Å²) in [5.41, 5.74) is 6.44. The van der Waals surface area contributed by atoms with Crippen LogP contribution in [0.25, 0.3) is 0 Å². The van der Waals surface area contributed by atoms with Gasteiger partial charge in [-0.05, 0) is 38.5 Å². The highest BCUT2D eigenvalue weighted by Crippen LogP contribution is 2.29. The molecule has 1 aliphatic rings. The van der Waals surface area contributed by atoms with Gasteiger partial charge < -0.3 is 20.1 Å². The van der Waals surface area contributed by atoms with Crippen LogP contribution in [0, 0.1) is 0 Å². The van der Waals surface area contributed by atoms with Crippen LogP contribution in [0.15, 0.2) is 18.2 Å². The molecule has 0 unspecified atom stereocenters. The molecule has 20 heavy (non-hydrogen) atoms. The third kappa shape index (κ3) is 3.22. The van der Waals surface area contributed by atoms with Crippen molar-refractivity contribution in [3.8, 4) is 11.5 Å². The van der Waals surface area contributed by atoms with Crippen molar-refractivity contribution in [3.63, 3.8) is 0 Å². The summed E-state index contributed by atoms with van der Waals surface area (Å²) in [5, 5.41) is 0. The van der Waals surface area contributed by atoms with E-state index in [0.29, 0.717) is 30.2 Å². The van der Waals surface area contributed by atoms with Gasteiger partial charge in [0.15, 0.2) is 11.5 Å². The Labute approximate surface area is 119 Å². The summed E-state index contributed by atoms with van der Waals surface area (Å²) in [6, 6.07) is 5.36. The molecule has 5 heteroatoms. The molecule has 2 N–H and O–H groups in total. The van der Waals surface area contributed by atoms with Gasteiger partial charge in [0.05, 0.1) is 13.2 Å². The number of methoxy groups -OCH3 is 1. The van der Waals surface area contributed by atoms with Crippen molar-refractivity contribution in [2.75, 3.05) is 20.2 Å². The minimum Gasteiger partial charge on any atom is -0.493 e. The van der Waals surface area contributed by atoms with Gasteiger partial charge in [-0.25, -0.2) is 0 Å². The van der Waals surface area contributed by atoms with Gasteiger partial charge in [0.2, 0.25) is 0 Å². The Bertz CT molecular complexity index is 488. The van der Waals surface area contributed by atoms with E-state index in [1.54, 1.807) is 30.2 Å². The lowest BCUT2D eigenvalue weighted by atomic mass is 10.1. The number of nitrogens with two attached hydrogens (primary N) is 1. The van der Waals surface area contributed by atoms with Crippen LogP contribution in [0.3, 0.4) is 0 Å². The average molecular weight is 278 g/mol. The predicted molar refractivity (Wildman–Crippen MR) is 77.3 cm³/mol. The summed E-state index contributed by atoms with van der Waals surface area (Å²) < 4.78 is 10.9. The third-order valence-electron chi connectivity index (χ3n) is 3.29. The van der Waals surface area contributed by atoms with Crippen molar-refractivity contribution < 1.29 is 14.3 Å². The summed E-state index contributed by atoms with van der Waals surface area (Å²) in [5.74, 6) is 1.22. The summed E-state index contributed by atoms with van der Waals surface area (Å²) in [6.07, 6.45) is 0.916. The van der Waals surface area contributed by atoms with E-state index in [1.165, 1.54) is 0 Å². The number of carbonyl (C=O) groups is 1. The second-order valence-electron chi connectivity index (χ2n) is 5.33. The standard InChI is InChI=1S/C15H22N2O3/c1-10(2)20-13-5-4-11(8-14(13)19-3)15(18)17-7-6-12(16)9-17/h4-5,8,10,12H,6-7,9,16H2,1-3H3/t12-/m1/s1. The number of benzene rings is 1. The lowest BCUT2D eigenvalue weighted by Gasteiger charge is -2.18. The number of carbonyl (C=O) groups excluding carboxylic acids is 1. The largest absolute Gasteiger partial charge is 0.493 e. The molecule has 1 amide bonds. The van der Waals surface area contributed by atoms with E-state index in [9.17, 15) is 4.79 Å². The predicted octanol–water partition coefficient (Wildman–Crippen LogP) is 1.66. The molecule has 2 rings (SSSR count). The third-order valence-corrected chi connectivity index (χ3v) is 3.29. The fourth-order valence-corrected chi connectivity index (χ4v) is 2.31. The van der Waals surface area contributed by atoms with Crippen LogP contribution >= 0.6 is 0 Å². The molecule has 5 nitrogen and oxygen atoms in total. The SMILES string of the molecule is COc1cc(C(=O)N2CC[C@@H](N)C2)ccc1OC(C)C.